The summed E-state index contributed by atoms with van der Waals surface area (Å²) in [5, 5.41) is 0. The number of nitrogens with zero attached hydrogens (tertiary/aromatic N) is 3. The zero-order chi connectivity index (χ0) is 21.2. The highest BCUT2D eigenvalue weighted by Crippen LogP contribution is 2.26. The lowest BCUT2D eigenvalue weighted by Crippen LogP contribution is -2.50. The van der Waals surface area contributed by atoms with Crippen LogP contribution < -0.4 is 4.31 Å². The minimum absolute atomic E-state index is 0.174. The van der Waals surface area contributed by atoms with Crippen LogP contribution in [0.1, 0.15) is 16.7 Å². The third-order valence-electron chi connectivity index (χ3n) is 5.52. The maximum atomic E-state index is 13.5. The highest BCUT2D eigenvalue weighted by atomic mass is 32.2. The molecular formula is C22H29N3O3S. The van der Waals surface area contributed by atoms with Crippen molar-refractivity contribution in [2.75, 3.05) is 44.1 Å². The van der Waals surface area contributed by atoms with E-state index in [-0.39, 0.29) is 17.3 Å². The molecule has 156 valence electrons. The molecule has 1 aliphatic rings. The molecule has 1 saturated heterocycles. The molecule has 1 fully saturated rings. The number of aryl methyl sites for hydroxylation is 3. The van der Waals surface area contributed by atoms with Gasteiger partial charge in [-0.2, -0.15) is 0 Å². The van der Waals surface area contributed by atoms with Crippen molar-refractivity contribution in [1.29, 1.82) is 0 Å². The second-order valence-electron chi connectivity index (χ2n) is 7.78. The van der Waals surface area contributed by atoms with Crippen molar-refractivity contribution in [3.8, 4) is 0 Å². The summed E-state index contributed by atoms with van der Waals surface area (Å²) in [6, 6.07) is 12.2. The number of piperazine rings is 1. The fourth-order valence-corrected chi connectivity index (χ4v) is 4.72. The molecule has 0 N–H and O–H groups in total. The molecule has 0 radical (unpaired) electrons. The zero-order valence-electron chi connectivity index (χ0n) is 17.6. The Bertz CT molecular complexity index is 979. The van der Waals surface area contributed by atoms with Crippen molar-refractivity contribution in [2.45, 2.75) is 25.7 Å². The number of rotatable bonds is 5. The average Bonchev–Trinajstić information content (AvgIpc) is 2.69. The number of carbonyl (C=O) groups excluding carboxylic acids is 1. The highest BCUT2D eigenvalue weighted by Gasteiger charge is 2.30. The summed E-state index contributed by atoms with van der Waals surface area (Å²) in [6.45, 7) is 8.43. The van der Waals surface area contributed by atoms with Gasteiger partial charge in [-0.25, -0.2) is 8.42 Å². The van der Waals surface area contributed by atoms with Crippen molar-refractivity contribution in [2.24, 2.45) is 0 Å². The molecule has 2 aromatic carbocycles. The number of amides is 1. The molecule has 0 bridgehead atoms. The highest BCUT2D eigenvalue weighted by molar-refractivity contribution is 7.92. The molecule has 1 aliphatic heterocycles. The van der Waals surface area contributed by atoms with Crippen molar-refractivity contribution in [3.63, 3.8) is 0 Å². The van der Waals surface area contributed by atoms with Crippen LogP contribution in [-0.4, -0.2) is 63.9 Å². The van der Waals surface area contributed by atoms with Gasteiger partial charge in [-0.1, -0.05) is 23.8 Å². The zero-order valence-corrected chi connectivity index (χ0v) is 18.4. The van der Waals surface area contributed by atoms with Crippen LogP contribution in [0.3, 0.4) is 0 Å². The standard InChI is InChI=1S/C22H29N3O3S/c1-17-5-9-21(10-6-17)29(27,28)25(20-8-7-18(2)19(3)15-20)16-22(26)24-13-11-23(4)12-14-24/h5-10,15H,11-14,16H2,1-4H3. The van der Waals surface area contributed by atoms with Crippen LogP contribution in [0.15, 0.2) is 47.4 Å². The molecule has 0 saturated carbocycles. The normalized spacial score (nSPS) is 15.4. The van der Waals surface area contributed by atoms with Crippen LogP contribution in [0.5, 0.6) is 0 Å². The number of likely N-dealkylation sites (N-methyl/N-ethyl adjacent to an activating group) is 1. The Labute approximate surface area is 173 Å². The molecule has 0 spiro atoms. The van der Waals surface area contributed by atoms with E-state index in [0.29, 0.717) is 18.8 Å². The number of sulfonamides is 1. The molecular weight excluding hydrogens is 386 g/mol. The minimum atomic E-state index is -3.87. The first-order chi connectivity index (χ1) is 13.7. The average molecular weight is 416 g/mol. The van der Waals surface area contributed by atoms with Crippen molar-refractivity contribution >= 4 is 21.6 Å². The third-order valence-corrected chi connectivity index (χ3v) is 7.31. The Balaban J connectivity index is 1.96. The third kappa shape index (κ3) is 4.79. The molecule has 0 atom stereocenters. The van der Waals surface area contributed by atoms with E-state index < -0.39 is 10.0 Å². The first kappa shape index (κ1) is 21.3. The summed E-state index contributed by atoms with van der Waals surface area (Å²) < 4.78 is 28.2. The van der Waals surface area contributed by atoms with Crippen LogP contribution in [-0.2, 0) is 14.8 Å². The largest absolute Gasteiger partial charge is 0.339 e. The van der Waals surface area contributed by atoms with E-state index in [1.165, 1.54) is 4.31 Å². The van der Waals surface area contributed by atoms with Gasteiger partial charge in [0.2, 0.25) is 5.91 Å². The Morgan fingerprint density at radius 2 is 1.55 bits per heavy atom. The first-order valence-corrected chi connectivity index (χ1v) is 11.3. The summed E-state index contributed by atoms with van der Waals surface area (Å²) in [6.07, 6.45) is 0. The number of anilines is 1. The van der Waals surface area contributed by atoms with Crippen molar-refractivity contribution < 1.29 is 13.2 Å². The lowest BCUT2D eigenvalue weighted by Gasteiger charge is -2.34. The maximum Gasteiger partial charge on any atom is 0.264 e. The Morgan fingerprint density at radius 1 is 0.931 bits per heavy atom. The van der Waals surface area contributed by atoms with Crippen molar-refractivity contribution in [1.82, 2.24) is 9.80 Å². The Morgan fingerprint density at radius 3 is 2.14 bits per heavy atom. The number of carbonyl (C=O) groups is 1. The van der Waals surface area contributed by atoms with Gasteiger partial charge in [0.15, 0.2) is 0 Å². The molecule has 0 unspecified atom stereocenters. The summed E-state index contributed by atoms with van der Waals surface area (Å²) in [4.78, 5) is 17.1. The molecule has 1 heterocycles. The molecule has 1 amide bonds. The first-order valence-electron chi connectivity index (χ1n) is 9.81. The minimum Gasteiger partial charge on any atom is -0.339 e. The van der Waals surface area contributed by atoms with E-state index in [1.54, 1.807) is 35.2 Å². The summed E-state index contributed by atoms with van der Waals surface area (Å²) in [5.41, 5.74) is 3.55. The molecule has 2 aromatic rings. The Kier molecular flexibility index (Phi) is 6.29. The lowest BCUT2D eigenvalue weighted by atomic mass is 10.1. The fraction of sp³-hybridized carbons (Fsp3) is 0.409. The van der Waals surface area contributed by atoms with Crippen LogP contribution in [0.2, 0.25) is 0 Å². The van der Waals surface area contributed by atoms with E-state index in [2.05, 4.69) is 4.90 Å². The van der Waals surface area contributed by atoms with Crippen LogP contribution in [0, 0.1) is 20.8 Å². The molecule has 0 aromatic heterocycles. The van der Waals surface area contributed by atoms with Crippen LogP contribution >= 0.6 is 0 Å². The van der Waals surface area contributed by atoms with E-state index in [0.717, 1.165) is 29.8 Å². The summed E-state index contributed by atoms with van der Waals surface area (Å²) in [5.74, 6) is -0.174. The van der Waals surface area contributed by atoms with Gasteiger partial charge < -0.3 is 9.80 Å². The molecule has 0 aliphatic carbocycles. The fourth-order valence-electron chi connectivity index (χ4n) is 3.31. The predicted molar refractivity (Wildman–Crippen MR) is 116 cm³/mol. The number of hydrogen-bond donors (Lipinski definition) is 0. The van der Waals surface area contributed by atoms with Crippen molar-refractivity contribution in [3.05, 3.63) is 59.2 Å². The summed E-state index contributed by atoms with van der Waals surface area (Å²) in [7, 11) is -1.85. The van der Waals surface area contributed by atoms with Gasteiger partial charge in [-0.05, 0) is 63.2 Å². The quantitative estimate of drug-likeness (QED) is 0.753. The van der Waals surface area contributed by atoms with Gasteiger partial charge in [-0.3, -0.25) is 9.10 Å². The van der Waals surface area contributed by atoms with E-state index >= 15 is 0 Å². The predicted octanol–water partition coefficient (Wildman–Crippen LogP) is 2.58. The van der Waals surface area contributed by atoms with Gasteiger partial charge in [0.1, 0.15) is 6.54 Å². The lowest BCUT2D eigenvalue weighted by molar-refractivity contribution is -0.131. The molecule has 6 nitrogen and oxygen atoms in total. The monoisotopic (exact) mass is 415 g/mol. The second-order valence-corrected chi connectivity index (χ2v) is 9.64. The smallest absolute Gasteiger partial charge is 0.264 e. The maximum absolute atomic E-state index is 13.5. The van der Waals surface area contributed by atoms with Crippen LogP contribution in [0.4, 0.5) is 5.69 Å². The van der Waals surface area contributed by atoms with E-state index in [4.69, 9.17) is 0 Å². The topological polar surface area (TPSA) is 60.9 Å². The molecule has 7 heteroatoms. The van der Waals surface area contributed by atoms with Gasteiger partial charge in [-0.15, -0.1) is 0 Å². The van der Waals surface area contributed by atoms with E-state index in [9.17, 15) is 13.2 Å². The second kappa shape index (κ2) is 8.55. The van der Waals surface area contributed by atoms with Gasteiger partial charge in [0, 0.05) is 26.2 Å². The molecule has 3 rings (SSSR count). The van der Waals surface area contributed by atoms with Crippen LogP contribution in [0.25, 0.3) is 0 Å². The Hall–Kier alpha value is -2.38. The number of benzene rings is 2. The van der Waals surface area contributed by atoms with Gasteiger partial charge in [0.05, 0.1) is 10.6 Å². The number of hydrogen-bond acceptors (Lipinski definition) is 4. The van der Waals surface area contributed by atoms with E-state index in [1.807, 2.05) is 40.0 Å². The molecule has 29 heavy (non-hydrogen) atoms. The van der Waals surface area contributed by atoms with Gasteiger partial charge >= 0.3 is 0 Å². The van der Waals surface area contributed by atoms with Gasteiger partial charge in [0.25, 0.3) is 10.0 Å². The SMILES string of the molecule is Cc1ccc(S(=O)(=O)N(CC(=O)N2CCN(C)CC2)c2ccc(C)c(C)c2)cc1. The summed E-state index contributed by atoms with van der Waals surface area (Å²) >= 11 is 0.